The van der Waals surface area contributed by atoms with Crippen LogP contribution in [0.25, 0.3) is 0 Å². The first-order valence-electron chi connectivity index (χ1n) is 7.55. The lowest BCUT2D eigenvalue weighted by Crippen LogP contribution is -2.52. The van der Waals surface area contributed by atoms with Crippen molar-refractivity contribution in [2.24, 2.45) is 5.92 Å². The molecule has 0 heterocycles. The van der Waals surface area contributed by atoms with Gasteiger partial charge in [0.05, 0.1) is 0 Å². The van der Waals surface area contributed by atoms with Crippen molar-refractivity contribution in [1.29, 1.82) is 0 Å². The lowest BCUT2D eigenvalue weighted by molar-refractivity contribution is -0.497. The minimum absolute atomic E-state index is 0.0190. The molecule has 6 heteroatoms. The molecule has 1 amide bonds. The van der Waals surface area contributed by atoms with Crippen molar-refractivity contribution in [3.63, 3.8) is 0 Å². The molecule has 2 aliphatic carbocycles. The van der Waals surface area contributed by atoms with E-state index in [4.69, 9.17) is 0 Å². The third kappa shape index (κ3) is 3.29. The van der Waals surface area contributed by atoms with Crippen molar-refractivity contribution in [3.05, 3.63) is 10.1 Å². The van der Waals surface area contributed by atoms with Crippen LogP contribution < -0.4 is 5.32 Å². The van der Waals surface area contributed by atoms with Crippen LogP contribution in [0.1, 0.15) is 44.9 Å². The summed E-state index contributed by atoms with van der Waals surface area (Å²) >= 11 is 0. The van der Waals surface area contributed by atoms with Crippen LogP contribution in [0.15, 0.2) is 0 Å². The van der Waals surface area contributed by atoms with Gasteiger partial charge in [-0.2, -0.15) is 0 Å². The maximum absolute atomic E-state index is 12.0. The van der Waals surface area contributed by atoms with Gasteiger partial charge in [0.1, 0.15) is 5.92 Å². The van der Waals surface area contributed by atoms with Crippen LogP contribution in [0.5, 0.6) is 0 Å². The molecule has 0 aliphatic heterocycles. The van der Waals surface area contributed by atoms with Gasteiger partial charge >= 0.3 is 0 Å². The smallest absolute Gasteiger partial charge is 0.230 e. The van der Waals surface area contributed by atoms with Gasteiger partial charge in [-0.05, 0) is 26.9 Å². The number of hydrogen-bond acceptors (Lipinski definition) is 4. The number of rotatable bonds is 5. The predicted molar refractivity (Wildman–Crippen MR) is 76.0 cm³/mol. The number of carbonyl (C=O) groups excluding carboxylic acids is 1. The lowest BCUT2D eigenvalue weighted by atomic mass is 9.88. The highest BCUT2D eigenvalue weighted by molar-refractivity contribution is 5.82. The van der Waals surface area contributed by atoms with Gasteiger partial charge in [0.15, 0.2) is 0 Å². The highest BCUT2D eigenvalue weighted by Gasteiger charge is 2.53. The Morgan fingerprint density at radius 1 is 1.30 bits per heavy atom. The zero-order valence-electron chi connectivity index (χ0n) is 12.4. The van der Waals surface area contributed by atoms with E-state index in [1.54, 1.807) is 0 Å². The van der Waals surface area contributed by atoms with E-state index in [-0.39, 0.29) is 16.4 Å². The van der Waals surface area contributed by atoms with Crippen LogP contribution in [0, 0.1) is 16.0 Å². The fraction of sp³-hybridized carbons (Fsp3) is 0.929. The monoisotopic (exact) mass is 283 g/mol. The molecule has 0 radical (unpaired) electrons. The number of nitrogens with one attached hydrogen (secondary N) is 1. The van der Waals surface area contributed by atoms with E-state index < -0.39 is 12.0 Å². The first-order chi connectivity index (χ1) is 9.46. The van der Waals surface area contributed by atoms with Crippen molar-refractivity contribution in [1.82, 2.24) is 10.2 Å². The highest BCUT2D eigenvalue weighted by Crippen LogP contribution is 2.34. The van der Waals surface area contributed by atoms with E-state index in [1.807, 2.05) is 0 Å². The fourth-order valence-corrected chi connectivity index (χ4v) is 3.25. The zero-order valence-corrected chi connectivity index (χ0v) is 12.4. The van der Waals surface area contributed by atoms with Crippen LogP contribution in [-0.2, 0) is 4.79 Å². The van der Waals surface area contributed by atoms with Crippen LogP contribution >= 0.6 is 0 Å². The Hall–Kier alpha value is -1.17. The molecule has 0 bridgehead atoms. The molecule has 2 rings (SSSR count). The second-order valence-electron chi connectivity index (χ2n) is 6.45. The Morgan fingerprint density at radius 2 is 1.90 bits per heavy atom. The first kappa shape index (κ1) is 15.2. The Kier molecular flexibility index (Phi) is 4.62. The van der Waals surface area contributed by atoms with E-state index in [0.29, 0.717) is 13.0 Å². The van der Waals surface area contributed by atoms with Gasteiger partial charge in [0.2, 0.25) is 11.9 Å². The minimum atomic E-state index is -0.653. The van der Waals surface area contributed by atoms with Gasteiger partial charge < -0.3 is 10.2 Å². The molecule has 20 heavy (non-hydrogen) atoms. The summed E-state index contributed by atoms with van der Waals surface area (Å²) in [4.78, 5) is 24.5. The summed E-state index contributed by atoms with van der Waals surface area (Å²) in [5.41, 5.74) is 0.0190. The van der Waals surface area contributed by atoms with Crippen molar-refractivity contribution >= 4 is 5.91 Å². The average Bonchev–Trinajstić information content (AvgIpc) is 3.20. The molecule has 0 aromatic rings. The summed E-state index contributed by atoms with van der Waals surface area (Å²) < 4.78 is 0. The lowest BCUT2D eigenvalue weighted by Gasteiger charge is -2.39. The number of nitrogens with zero attached hydrogens (tertiary/aromatic N) is 2. The van der Waals surface area contributed by atoms with E-state index in [0.717, 1.165) is 12.8 Å². The molecule has 0 aromatic carbocycles. The normalized spacial score (nSPS) is 28.8. The number of amides is 1. The van der Waals surface area contributed by atoms with E-state index in [2.05, 4.69) is 24.3 Å². The second-order valence-corrected chi connectivity index (χ2v) is 6.45. The van der Waals surface area contributed by atoms with E-state index >= 15 is 0 Å². The third-order valence-electron chi connectivity index (χ3n) is 4.94. The van der Waals surface area contributed by atoms with Crippen LogP contribution in [0.4, 0.5) is 0 Å². The van der Waals surface area contributed by atoms with Crippen molar-refractivity contribution in [2.45, 2.75) is 56.5 Å². The van der Waals surface area contributed by atoms with Crippen LogP contribution in [0.2, 0.25) is 0 Å². The highest BCUT2D eigenvalue weighted by atomic mass is 16.6. The number of likely N-dealkylation sites (N-methyl/N-ethyl adjacent to an activating group) is 1. The Morgan fingerprint density at radius 3 is 2.35 bits per heavy atom. The summed E-state index contributed by atoms with van der Waals surface area (Å²) in [6, 6.07) is -0.653. The maximum Gasteiger partial charge on any atom is 0.230 e. The van der Waals surface area contributed by atoms with Gasteiger partial charge in [-0.15, -0.1) is 0 Å². The van der Waals surface area contributed by atoms with Crippen molar-refractivity contribution < 1.29 is 9.72 Å². The largest absolute Gasteiger partial charge is 0.354 e. The number of carbonyl (C=O) groups is 1. The number of hydrogen-bond donors (Lipinski definition) is 1. The molecule has 2 atom stereocenters. The standard InChI is InChI=1S/C14H25N3O3/c1-16(2)14(7-5-3-4-6-8-14)10-15-13(18)11-9-12(11)17(19)20/h11-12H,3-10H2,1-2H3,(H,15,18). The second kappa shape index (κ2) is 6.08. The van der Waals surface area contributed by atoms with E-state index in [9.17, 15) is 14.9 Å². The molecule has 1 N–H and O–H groups in total. The maximum atomic E-state index is 12.0. The molecule has 2 fully saturated rings. The van der Waals surface area contributed by atoms with Gasteiger partial charge in [-0.1, -0.05) is 25.7 Å². The molecule has 0 saturated heterocycles. The van der Waals surface area contributed by atoms with Crippen LogP contribution in [-0.4, -0.2) is 48.0 Å². The zero-order chi connectivity index (χ0) is 14.8. The summed E-state index contributed by atoms with van der Waals surface area (Å²) in [5.74, 6) is -0.549. The Balaban J connectivity index is 1.89. The van der Waals surface area contributed by atoms with Crippen molar-refractivity contribution in [3.8, 4) is 0 Å². The van der Waals surface area contributed by atoms with Gasteiger partial charge in [-0.25, -0.2) is 0 Å². The molecule has 2 aliphatic rings. The third-order valence-corrected chi connectivity index (χ3v) is 4.94. The first-order valence-corrected chi connectivity index (χ1v) is 7.55. The molecule has 6 nitrogen and oxygen atoms in total. The summed E-state index contributed by atoms with van der Waals surface area (Å²) in [6.45, 7) is 0.611. The minimum Gasteiger partial charge on any atom is -0.354 e. The molecule has 0 aromatic heterocycles. The van der Waals surface area contributed by atoms with Gasteiger partial charge in [0.25, 0.3) is 0 Å². The van der Waals surface area contributed by atoms with E-state index in [1.165, 1.54) is 25.7 Å². The molecular weight excluding hydrogens is 258 g/mol. The Bertz CT molecular complexity index is 376. The van der Waals surface area contributed by atoms with Crippen LogP contribution in [0.3, 0.4) is 0 Å². The predicted octanol–water partition coefficient (Wildman–Crippen LogP) is 1.42. The fourth-order valence-electron chi connectivity index (χ4n) is 3.25. The summed E-state index contributed by atoms with van der Waals surface area (Å²) in [5, 5.41) is 13.6. The summed E-state index contributed by atoms with van der Waals surface area (Å²) in [7, 11) is 4.13. The topological polar surface area (TPSA) is 75.5 Å². The molecule has 114 valence electrons. The molecular formula is C14H25N3O3. The number of nitro groups is 1. The SMILES string of the molecule is CN(C)C1(CNC(=O)C2CC2[N+](=O)[O-])CCCCCC1. The summed E-state index contributed by atoms with van der Waals surface area (Å²) in [6.07, 6.45) is 7.47. The molecule has 0 spiro atoms. The quantitative estimate of drug-likeness (QED) is 0.470. The Labute approximate surface area is 120 Å². The average molecular weight is 283 g/mol. The molecule has 2 saturated carbocycles. The van der Waals surface area contributed by atoms with Crippen molar-refractivity contribution in [2.75, 3.05) is 20.6 Å². The van der Waals surface area contributed by atoms with Gasteiger partial charge in [-0.3, -0.25) is 14.9 Å². The van der Waals surface area contributed by atoms with Gasteiger partial charge in [0, 0.05) is 23.4 Å². The molecule has 2 unspecified atom stereocenters.